The van der Waals surface area contributed by atoms with Crippen molar-refractivity contribution in [2.75, 3.05) is 5.32 Å². The number of nitrogens with one attached hydrogen (secondary N) is 2. The maximum absolute atomic E-state index is 12.0. The van der Waals surface area contributed by atoms with Crippen molar-refractivity contribution in [3.8, 4) is 17.4 Å². The number of nitrogens with zero attached hydrogens (tertiary/aromatic N) is 3. The van der Waals surface area contributed by atoms with Gasteiger partial charge in [0.05, 0.1) is 6.26 Å². The number of aromatic nitrogens is 4. The number of carbonyl (C=O) groups excluding carboxylic acids is 1. The third-order valence-electron chi connectivity index (χ3n) is 3.57. The number of rotatable bonds is 6. The van der Waals surface area contributed by atoms with Gasteiger partial charge in [0.2, 0.25) is 11.9 Å². The van der Waals surface area contributed by atoms with Gasteiger partial charge in [0.15, 0.2) is 5.76 Å². The van der Waals surface area contributed by atoms with E-state index in [0.29, 0.717) is 35.8 Å². The fraction of sp³-hybridized carbons (Fsp3) is 0.294. The van der Waals surface area contributed by atoms with Crippen LogP contribution in [0.3, 0.4) is 0 Å². The van der Waals surface area contributed by atoms with Crippen molar-refractivity contribution in [3.05, 3.63) is 46.6 Å². The number of hydrogen-bond acceptors (Lipinski definition) is 5. The van der Waals surface area contributed by atoms with Crippen molar-refractivity contribution in [1.29, 1.82) is 0 Å². The van der Waals surface area contributed by atoms with Gasteiger partial charge in [-0.1, -0.05) is 13.8 Å². The standard InChI is InChI=1S/C17H19N5O3/c1-3-6-15(23)19-14-10-12(13-7-5-8-25-13)21-22(14)17-18-11(4-2)9-16(24)20-17/h5,7-10H,3-4,6H2,1-2H3,(H,19,23)(H,18,20,24). The smallest absolute Gasteiger partial charge is 0.252 e. The van der Waals surface area contributed by atoms with Crippen LogP contribution in [0.25, 0.3) is 17.4 Å². The Labute approximate surface area is 143 Å². The highest BCUT2D eigenvalue weighted by Crippen LogP contribution is 2.24. The summed E-state index contributed by atoms with van der Waals surface area (Å²) in [5.74, 6) is 1.08. The third kappa shape index (κ3) is 3.68. The van der Waals surface area contributed by atoms with Crippen LogP contribution in [-0.4, -0.2) is 25.7 Å². The van der Waals surface area contributed by atoms with Crippen LogP contribution in [0, 0.1) is 0 Å². The van der Waals surface area contributed by atoms with Gasteiger partial charge < -0.3 is 9.73 Å². The first-order valence-corrected chi connectivity index (χ1v) is 8.15. The molecule has 0 aromatic carbocycles. The number of hydrogen-bond donors (Lipinski definition) is 2. The van der Waals surface area contributed by atoms with E-state index in [-0.39, 0.29) is 17.4 Å². The molecule has 0 atom stereocenters. The molecule has 25 heavy (non-hydrogen) atoms. The Kier molecular flexibility index (Phi) is 4.78. The molecule has 0 radical (unpaired) electrons. The summed E-state index contributed by atoms with van der Waals surface area (Å²) in [4.78, 5) is 30.9. The van der Waals surface area contributed by atoms with Crippen LogP contribution in [-0.2, 0) is 11.2 Å². The molecule has 0 unspecified atom stereocenters. The van der Waals surface area contributed by atoms with Crippen molar-refractivity contribution < 1.29 is 9.21 Å². The quantitative estimate of drug-likeness (QED) is 0.716. The van der Waals surface area contributed by atoms with Crippen molar-refractivity contribution >= 4 is 11.7 Å². The first-order valence-electron chi connectivity index (χ1n) is 8.15. The van der Waals surface area contributed by atoms with Crippen LogP contribution < -0.4 is 10.9 Å². The van der Waals surface area contributed by atoms with Gasteiger partial charge in [-0.25, -0.2) is 4.98 Å². The molecule has 3 heterocycles. The highest BCUT2D eigenvalue weighted by molar-refractivity contribution is 5.90. The molecule has 8 nitrogen and oxygen atoms in total. The Morgan fingerprint density at radius 3 is 2.88 bits per heavy atom. The number of carbonyl (C=O) groups is 1. The number of anilines is 1. The first-order chi connectivity index (χ1) is 12.1. The van der Waals surface area contributed by atoms with Gasteiger partial charge >= 0.3 is 0 Å². The maximum atomic E-state index is 12.0. The van der Waals surface area contributed by atoms with Crippen LogP contribution >= 0.6 is 0 Å². The minimum Gasteiger partial charge on any atom is -0.463 e. The average molecular weight is 341 g/mol. The summed E-state index contributed by atoms with van der Waals surface area (Å²) >= 11 is 0. The van der Waals surface area contributed by atoms with Crippen LogP contribution in [0.15, 0.2) is 39.7 Å². The molecule has 1 amide bonds. The fourth-order valence-electron chi connectivity index (χ4n) is 2.38. The molecule has 8 heteroatoms. The molecule has 0 saturated heterocycles. The summed E-state index contributed by atoms with van der Waals surface area (Å²) in [5, 5.41) is 7.24. The summed E-state index contributed by atoms with van der Waals surface area (Å²) in [6, 6.07) is 6.64. The van der Waals surface area contributed by atoms with Crippen molar-refractivity contribution in [1.82, 2.24) is 19.7 Å². The maximum Gasteiger partial charge on any atom is 0.252 e. The highest BCUT2D eigenvalue weighted by atomic mass is 16.3. The van der Waals surface area contributed by atoms with Gasteiger partial charge in [-0.15, -0.1) is 0 Å². The summed E-state index contributed by atoms with van der Waals surface area (Å²) < 4.78 is 6.77. The Hall–Kier alpha value is -3.16. The van der Waals surface area contributed by atoms with Crippen LogP contribution in [0.4, 0.5) is 5.82 Å². The Balaban J connectivity index is 2.08. The molecule has 130 valence electrons. The van der Waals surface area contributed by atoms with Crippen LogP contribution in [0.1, 0.15) is 32.4 Å². The van der Waals surface area contributed by atoms with E-state index < -0.39 is 0 Å². The van der Waals surface area contributed by atoms with Gasteiger partial charge in [0.1, 0.15) is 11.5 Å². The molecule has 0 fully saturated rings. The molecule has 3 aromatic rings. The molecular formula is C17H19N5O3. The average Bonchev–Trinajstić information content (AvgIpc) is 3.23. The van der Waals surface area contributed by atoms with Gasteiger partial charge in [-0.2, -0.15) is 9.78 Å². The lowest BCUT2D eigenvalue weighted by Gasteiger charge is -2.08. The zero-order valence-electron chi connectivity index (χ0n) is 14.1. The lowest BCUT2D eigenvalue weighted by molar-refractivity contribution is -0.116. The molecule has 0 aliphatic heterocycles. The minimum absolute atomic E-state index is 0.136. The molecule has 2 N–H and O–H groups in total. The number of aromatic amines is 1. The summed E-state index contributed by atoms with van der Waals surface area (Å²) in [6.45, 7) is 3.84. The van der Waals surface area contributed by atoms with Gasteiger partial charge in [-0.3, -0.25) is 14.6 Å². The van der Waals surface area contributed by atoms with E-state index >= 15 is 0 Å². The lowest BCUT2D eigenvalue weighted by atomic mass is 10.3. The largest absolute Gasteiger partial charge is 0.463 e. The van der Waals surface area contributed by atoms with E-state index in [1.807, 2.05) is 13.8 Å². The summed E-state index contributed by atoms with van der Waals surface area (Å²) in [6.07, 6.45) is 3.27. The second-order valence-corrected chi connectivity index (χ2v) is 5.52. The lowest BCUT2D eigenvalue weighted by Crippen LogP contribution is -2.19. The molecular weight excluding hydrogens is 322 g/mol. The minimum atomic E-state index is -0.275. The first kappa shape index (κ1) is 16.7. The molecule has 0 bridgehead atoms. The number of aryl methyl sites for hydroxylation is 1. The van der Waals surface area contributed by atoms with Gasteiger partial charge in [0.25, 0.3) is 5.56 Å². The van der Waals surface area contributed by atoms with E-state index in [4.69, 9.17) is 4.42 Å². The second kappa shape index (κ2) is 7.16. The van der Waals surface area contributed by atoms with Crippen molar-refractivity contribution in [2.45, 2.75) is 33.1 Å². The van der Waals surface area contributed by atoms with E-state index in [9.17, 15) is 9.59 Å². The van der Waals surface area contributed by atoms with E-state index in [0.717, 1.165) is 6.42 Å². The topological polar surface area (TPSA) is 106 Å². The van der Waals surface area contributed by atoms with E-state index in [1.165, 1.54) is 10.7 Å². The van der Waals surface area contributed by atoms with Crippen molar-refractivity contribution in [3.63, 3.8) is 0 Å². The fourth-order valence-corrected chi connectivity index (χ4v) is 2.38. The SMILES string of the molecule is CCCC(=O)Nc1cc(-c2ccco2)nn1-c1nc(CC)cc(=O)[nH]1. The number of furan rings is 1. The van der Waals surface area contributed by atoms with Gasteiger partial charge in [-0.05, 0) is 25.0 Å². The predicted molar refractivity (Wildman–Crippen MR) is 92.6 cm³/mol. The molecule has 0 spiro atoms. The third-order valence-corrected chi connectivity index (χ3v) is 3.57. The molecule has 3 rings (SSSR count). The monoisotopic (exact) mass is 341 g/mol. The van der Waals surface area contributed by atoms with E-state index in [1.54, 1.807) is 24.5 Å². The highest BCUT2D eigenvalue weighted by Gasteiger charge is 2.16. The number of H-pyrrole nitrogens is 1. The number of amides is 1. The summed E-state index contributed by atoms with van der Waals surface area (Å²) in [7, 11) is 0. The molecule has 0 saturated carbocycles. The predicted octanol–water partition coefficient (Wildman–Crippen LogP) is 2.52. The van der Waals surface area contributed by atoms with Crippen LogP contribution in [0.5, 0.6) is 0 Å². The zero-order chi connectivity index (χ0) is 17.8. The second-order valence-electron chi connectivity index (χ2n) is 5.52. The molecule has 0 aliphatic carbocycles. The molecule has 0 aliphatic rings. The zero-order valence-corrected chi connectivity index (χ0v) is 14.1. The van der Waals surface area contributed by atoms with E-state index in [2.05, 4.69) is 20.4 Å². The Morgan fingerprint density at radius 1 is 1.36 bits per heavy atom. The van der Waals surface area contributed by atoms with Gasteiger partial charge in [0, 0.05) is 24.2 Å². The van der Waals surface area contributed by atoms with Crippen LogP contribution in [0.2, 0.25) is 0 Å². The normalized spacial score (nSPS) is 10.8. The van der Waals surface area contributed by atoms with Crippen molar-refractivity contribution in [2.24, 2.45) is 0 Å². The Morgan fingerprint density at radius 2 is 2.20 bits per heavy atom. The Bertz CT molecular complexity index is 924. The molecule has 3 aromatic heterocycles. The summed E-state index contributed by atoms with van der Waals surface area (Å²) in [5.41, 5.74) is 0.892.